The van der Waals surface area contributed by atoms with Crippen molar-refractivity contribution in [2.45, 2.75) is 103 Å². The largest absolute Gasteiger partial charge is 0.481 e. The van der Waals surface area contributed by atoms with Gasteiger partial charge in [-0.25, -0.2) is 0 Å². The van der Waals surface area contributed by atoms with Crippen LogP contribution in [0.25, 0.3) is 0 Å². The summed E-state index contributed by atoms with van der Waals surface area (Å²) < 4.78 is 17.3. The van der Waals surface area contributed by atoms with Crippen LogP contribution in [0.2, 0.25) is 0 Å². The molecule has 2 heterocycles. The SMILES string of the molecule is C[C@H](O)C[C@@H]1CC[C@H]([C@@H](C)C(=O)O[C@@H](C)C[C@@H]2CC[C@H]([C@@H](C)C(=O)O)O2)O1. The van der Waals surface area contributed by atoms with Crippen LogP contribution < -0.4 is 0 Å². The van der Waals surface area contributed by atoms with Crippen LogP contribution in [0.4, 0.5) is 0 Å². The van der Waals surface area contributed by atoms with Gasteiger partial charge in [0.1, 0.15) is 6.10 Å². The quantitative estimate of drug-likeness (QED) is 0.587. The van der Waals surface area contributed by atoms with Crippen LogP contribution in [-0.4, -0.2) is 58.8 Å². The van der Waals surface area contributed by atoms with E-state index in [-0.39, 0.29) is 42.4 Å². The Balaban J connectivity index is 1.73. The zero-order valence-corrected chi connectivity index (χ0v) is 16.8. The van der Waals surface area contributed by atoms with E-state index < -0.39 is 18.0 Å². The molecule has 156 valence electrons. The van der Waals surface area contributed by atoms with Gasteiger partial charge in [-0.1, -0.05) is 0 Å². The molecule has 2 aliphatic rings. The van der Waals surface area contributed by atoms with Crippen LogP contribution in [0.1, 0.15) is 66.2 Å². The molecule has 0 aromatic carbocycles. The zero-order valence-electron chi connectivity index (χ0n) is 16.8. The number of carboxylic acid groups (broad SMARTS) is 1. The van der Waals surface area contributed by atoms with Crippen molar-refractivity contribution in [1.82, 2.24) is 0 Å². The van der Waals surface area contributed by atoms with Crippen LogP contribution >= 0.6 is 0 Å². The molecule has 0 bridgehead atoms. The predicted octanol–water partition coefficient (Wildman–Crippen LogP) is 2.53. The number of carbonyl (C=O) groups excluding carboxylic acids is 1. The molecule has 0 amide bonds. The van der Waals surface area contributed by atoms with Crippen LogP contribution in [-0.2, 0) is 23.8 Å². The number of aliphatic hydroxyl groups is 1. The summed E-state index contributed by atoms with van der Waals surface area (Å²) in [4.78, 5) is 23.5. The molecule has 2 aliphatic heterocycles. The molecule has 0 saturated carbocycles. The fourth-order valence-electron chi connectivity index (χ4n) is 3.96. The summed E-state index contributed by atoms with van der Waals surface area (Å²) in [6.07, 6.45) is 3.08. The van der Waals surface area contributed by atoms with Crippen molar-refractivity contribution in [3.8, 4) is 0 Å². The summed E-state index contributed by atoms with van der Waals surface area (Å²) in [6, 6.07) is 0. The molecule has 0 aromatic heterocycles. The minimum Gasteiger partial charge on any atom is -0.481 e. The molecule has 0 aromatic rings. The van der Waals surface area contributed by atoms with Crippen LogP contribution in [0.15, 0.2) is 0 Å². The van der Waals surface area contributed by atoms with E-state index in [0.29, 0.717) is 12.8 Å². The van der Waals surface area contributed by atoms with Gasteiger partial charge in [0.15, 0.2) is 0 Å². The van der Waals surface area contributed by atoms with E-state index >= 15 is 0 Å². The molecule has 0 unspecified atom stereocenters. The highest BCUT2D eigenvalue weighted by atomic mass is 16.6. The number of carboxylic acids is 1. The molecule has 0 spiro atoms. The maximum Gasteiger partial charge on any atom is 0.311 e. The van der Waals surface area contributed by atoms with Gasteiger partial charge < -0.3 is 24.4 Å². The summed E-state index contributed by atoms with van der Waals surface area (Å²) >= 11 is 0. The third kappa shape index (κ3) is 6.43. The van der Waals surface area contributed by atoms with E-state index in [1.54, 1.807) is 13.8 Å². The Morgan fingerprint density at radius 3 is 1.96 bits per heavy atom. The molecule has 2 rings (SSSR count). The molecule has 7 heteroatoms. The van der Waals surface area contributed by atoms with Gasteiger partial charge in [-0.15, -0.1) is 0 Å². The lowest BCUT2D eigenvalue weighted by Gasteiger charge is -2.23. The number of esters is 1. The van der Waals surface area contributed by atoms with E-state index in [9.17, 15) is 14.7 Å². The highest BCUT2D eigenvalue weighted by molar-refractivity contribution is 5.73. The van der Waals surface area contributed by atoms with E-state index in [0.717, 1.165) is 25.7 Å². The summed E-state index contributed by atoms with van der Waals surface area (Å²) in [5.41, 5.74) is 0. The molecular formula is C20H34O7. The van der Waals surface area contributed by atoms with Crippen molar-refractivity contribution in [2.75, 3.05) is 0 Å². The van der Waals surface area contributed by atoms with E-state index in [1.807, 2.05) is 13.8 Å². The average Bonchev–Trinajstić information content (AvgIpc) is 3.22. The second-order valence-electron chi connectivity index (χ2n) is 8.23. The Morgan fingerprint density at radius 2 is 1.44 bits per heavy atom. The van der Waals surface area contributed by atoms with Crippen LogP contribution in [0.3, 0.4) is 0 Å². The van der Waals surface area contributed by atoms with Gasteiger partial charge in [0, 0.05) is 6.42 Å². The highest BCUT2D eigenvalue weighted by Gasteiger charge is 2.36. The molecule has 8 atom stereocenters. The Morgan fingerprint density at radius 1 is 0.926 bits per heavy atom. The van der Waals surface area contributed by atoms with Crippen molar-refractivity contribution < 1.29 is 34.0 Å². The first-order valence-electron chi connectivity index (χ1n) is 10.1. The summed E-state index contributed by atoms with van der Waals surface area (Å²) in [5, 5.41) is 18.6. The van der Waals surface area contributed by atoms with E-state index in [4.69, 9.17) is 19.3 Å². The van der Waals surface area contributed by atoms with Crippen molar-refractivity contribution in [1.29, 1.82) is 0 Å². The molecule has 0 aliphatic carbocycles. The third-order valence-electron chi connectivity index (χ3n) is 5.67. The summed E-state index contributed by atoms with van der Waals surface area (Å²) in [7, 11) is 0. The predicted molar refractivity (Wildman–Crippen MR) is 98.2 cm³/mol. The Kier molecular flexibility index (Phi) is 8.06. The van der Waals surface area contributed by atoms with Gasteiger partial charge in [0.05, 0.1) is 42.4 Å². The summed E-state index contributed by atoms with van der Waals surface area (Å²) in [6.45, 7) is 7.06. The maximum atomic E-state index is 12.4. The van der Waals surface area contributed by atoms with Crippen LogP contribution in [0.5, 0.6) is 0 Å². The standard InChI is InChI=1S/C20H34O7/c1-11(21)9-15-5-8-18(26-15)14(4)20(24)25-12(2)10-16-6-7-17(27-16)13(3)19(22)23/h11-18,21H,5-10H2,1-4H3,(H,22,23)/t11-,12-,13+,14+,15-,16-,17+,18+/m0/s1. The highest BCUT2D eigenvalue weighted by Crippen LogP contribution is 2.30. The van der Waals surface area contributed by atoms with Gasteiger partial charge >= 0.3 is 11.9 Å². The van der Waals surface area contributed by atoms with Gasteiger partial charge in [-0.3, -0.25) is 9.59 Å². The third-order valence-corrected chi connectivity index (χ3v) is 5.67. The fourth-order valence-corrected chi connectivity index (χ4v) is 3.96. The Bertz CT molecular complexity index is 507. The van der Waals surface area contributed by atoms with Crippen molar-refractivity contribution in [3.05, 3.63) is 0 Å². The van der Waals surface area contributed by atoms with Gasteiger partial charge in [0.2, 0.25) is 0 Å². The molecular weight excluding hydrogens is 352 g/mol. The normalized spacial score (nSPS) is 32.6. The molecule has 27 heavy (non-hydrogen) atoms. The van der Waals surface area contributed by atoms with Crippen molar-refractivity contribution in [3.63, 3.8) is 0 Å². The number of hydrogen-bond acceptors (Lipinski definition) is 6. The van der Waals surface area contributed by atoms with E-state index in [1.165, 1.54) is 0 Å². The minimum absolute atomic E-state index is 0.00252. The lowest BCUT2D eigenvalue weighted by molar-refractivity contribution is -0.159. The number of aliphatic carboxylic acids is 1. The topological polar surface area (TPSA) is 102 Å². The second kappa shape index (κ2) is 9.85. The fraction of sp³-hybridized carbons (Fsp3) is 0.900. The minimum atomic E-state index is -0.848. The lowest BCUT2D eigenvalue weighted by atomic mass is 10.0. The summed E-state index contributed by atoms with van der Waals surface area (Å²) in [5.74, 6) is -2.00. The monoisotopic (exact) mass is 386 g/mol. The first-order chi connectivity index (χ1) is 12.7. The molecule has 2 saturated heterocycles. The first-order valence-corrected chi connectivity index (χ1v) is 10.1. The lowest BCUT2D eigenvalue weighted by Crippen LogP contribution is -2.32. The Labute approximate surface area is 161 Å². The van der Waals surface area contributed by atoms with Crippen molar-refractivity contribution in [2.24, 2.45) is 11.8 Å². The Hall–Kier alpha value is -1.18. The molecule has 0 radical (unpaired) electrons. The van der Waals surface area contributed by atoms with E-state index in [2.05, 4.69) is 0 Å². The first kappa shape index (κ1) is 22.1. The average molecular weight is 386 g/mol. The van der Waals surface area contributed by atoms with Crippen LogP contribution in [0, 0.1) is 11.8 Å². The number of ether oxygens (including phenoxy) is 3. The molecule has 2 N–H and O–H groups in total. The number of aliphatic hydroxyl groups excluding tert-OH is 1. The smallest absolute Gasteiger partial charge is 0.311 e. The molecule has 2 fully saturated rings. The maximum absolute atomic E-state index is 12.4. The van der Waals surface area contributed by atoms with Crippen molar-refractivity contribution >= 4 is 11.9 Å². The molecule has 7 nitrogen and oxygen atoms in total. The second-order valence-corrected chi connectivity index (χ2v) is 8.23. The number of hydrogen-bond donors (Lipinski definition) is 2. The zero-order chi connectivity index (χ0) is 20.1. The number of carbonyl (C=O) groups is 2. The van der Waals surface area contributed by atoms with Gasteiger partial charge in [-0.2, -0.15) is 0 Å². The van der Waals surface area contributed by atoms with Gasteiger partial charge in [0.25, 0.3) is 0 Å². The van der Waals surface area contributed by atoms with Gasteiger partial charge in [-0.05, 0) is 59.8 Å². The number of rotatable bonds is 9.